The number of carbonyl (C=O) groups is 2. The van der Waals surface area contributed by atoms with Gasteiger partial charge in [0.05, 0.1) is 11.4 Å². The second-order valence-corrected chi connectivity index (χ2v) is 11.5. The number of nitrogens with two attached hydrogens (primary N) is 3. The molecule has 0 aliphatic heterocycles. The van der Waals surface area contributed by atoms with Gasteiger partial charge in [0.2, 0.25) is 0 Å². The van der Waals surface area contributed by atoms with Crippen LogP contribution in [0.15, 0.2) is 48.5 Å². The van der Waals surface area contributed by atoms with E-state index in [0.717, 1.165) is 11.4 Å². The number of benzene rings is 2. The molecule has 2 amide bonds. The lowest BCUT2D eigenvalue weighted by Crippen LogP contribution is -2.18. The molecule has 4 aromatic rings. The lowest BCUT2D eigenvalue weighted by molar-refractivity contribution is 0.0987. The van der Waals surface area contributed by atoms with Crippen LogP contribution in [0.3, 0.4) is 0 Å². The zero-order valence-electron chi connectivity index (χ0n) is 26.4. The lowest BCUT2D eigenvalue weighted by atomic mass is 9.97. The van der Waals surface area contributed by atoms with Crippen molar-refractivity contribution in [3.05, 3.63) is 87.3 Å². The van der Waals surface area contributed by atoms with Crippen molar-refractivity contribution in [3.63, 3.8) is 0 Å². The van der Waals surface area contributed by atoms with E-state index >= 15 is 0 Å². The van der Waals surface area contributed by atoms with Gasteiger partial charge in [-0.1, -0.05) is 51.4 Å². The Hall–Kier alpha value is -4.81. The van der Waals surface area contributed by atoms with Gasteiger partial charge in [0.15, 0.2) is 22.4 Å². The number of primary amides is 2. The number of hydrogen-bond acceptors (Lipinski definition) is 10. The molecule has 0 radical (unpaired) electrons. The predicted octanol–water partition coefficient (Wildman–Crippen LogP) is 5.53. The van der Waals surface area contributed by atoms with E-state index in [1.807, 2.05) is 30.3 Å². The Morgan fingerprint density at radius 1 is 0.733 bits per heavy atom. The van der Waals surface area contributed by atoms with Gasteiger partial charge in [-0.25, -0.2) is 0 Å². The molecule has 0 saturated heterocycles. The first-order chi connectivity index (χ1) is 21.3. The van der Waals surface area contributed by atoms with Gasteiger partial charge in [0.25, 0.3) is 11.8 Å². The lowest BCUT2D eigenvalue weighted by Gasteiger charge is -2.15. The summed E-state index contributed by atoms with van der Waals surface area (Å²) < 4.78 is 0. The van der Waals surface area contributed by atoms with Crippen LogP contribution in [0.4, 0.5) is 28.6 Å². The zero-order valence-corrected chi connectivity index (χ0v) is 27.2. The Morgan fingerprint density at radius 3 is 1.64 bits per heavy atom. The number of carbonyl (C=O) groups excluding carboxylic acids is 2. The average Bonchev–Trinajstić information content (AvgIpc) is 2.98. The fourth-order valence-corrected chi connectivity index (χ4v) is 4.74. The molecule has 2 aromatic heterocycles. The monoisotopic (exact) mass is 632 g/mol. The molecular weight excluding hydrogens is 592 g/mol. The van der Waals surface area contributed by atoms with Crippen molar-refractivity contribution in [2.45, 2.75) is 53.4 Å². The number of halogens is 1. The third-order valence-corrected chi connectivity index (χ3v) is 7.02. The van der Waals surface area contributed by atoms with Gasteiger partial charge in [0.1, 0.15) is 0 Å². The molecule has 2 aromatic carbocycles. The zero-order chi connectivity index (χ0) is 33.3. The second kappa shape index (κ2) is 15.8. The fourth-order valence-electron chi connectivity index (χ4n) is 4.59. The average molecular weight is 633 g/mol. The van der Waals surface area contributed by atoms with Crippen LogP contribution < -0.4 is 33.2 Å². The SMILES string of the molecule is Cc1ccc(Nc2cc(Cl)nnc2C(N)=O)cc1C(C)C.Cc1ccc(Nc2cc(NCCN)nnc2C(N)=O)cc1C(C)C. The molecule has 0 bridgehead atoms. The second-order valence-electron chi connectivity index (χ2n) is 11.1. The highest BCUT2D eigenvalue weighted by Crippen LogP contribution is 2.28. The van der Waals surface area contributed by atoms with Crippen molar-refractivity contribution in [3.8, 4) is 0 Å². The predicted molar refractivity (Wildman–Crippen MR) is 181 cm³/mol. The van der Waals surface area contributed by atoms with Crippen LogP contribution in [-0.2, 0) is 0 Å². The van der Waals surface area contributed by atoms with E-state index in [2.05, 4.69) is 84.0 Å². The Morgan fingerprint density at radius 2 is 1.20 bits per heavy atom. The van der Waals surface area contributed by atoms with Crippen molar-refractivity contribution in [2.75, 3.05) is 29.0 Å². The number of amides is 2. The normalized spacial score (nSPS) is 10.7. The molecule has 13 heteroatoms. The number of hydrogen-bond donors (Lipinski definition) is 6. The molecule has 0 unspecified atom stereocenters. The largest absolute Gasteiger partial charge is 0.367 e. The highest BCUT2D eigenvalue weighted by molar-refractivity contribution is 6.29. The summed E-state index contributed by atoms with van der Waals surface area (Å²) in [5, 5.41) is 24.8. The quantitative estimate of drug-likeness (QED) is 0.122. The number of rotatable bonds is 11. The van der Waals surface area contributed by atoms with Crippen LogP contribution in [0.5, 0.6) is 0 Å². The smallest absolute Gasteiger partial charge is 0.271 e. The van der Waals surface area contributed by atoms with Crippen molar-refractivity contribution in [1.29, 1.82) is 0 Å². The van der Waals surface area contributed by atoms with Gasteiger partial charge in [-0.2, -0.15) is 0 Å². The molecule has 4 rings (SSSR count). The summed E-state index contributed by atoms with van der Waals surface area (Å²) >= 11 is 5.83. The molecule has 0 aliphatic rings. The molecule has 12 nitrogen and oxygen atoms in total. The molecule has 9 N–H and O–H groups in total. The summed E-state index contributed by atoms with van der Waals surface area (Å²) in [6.07, 6.45) is 0. The number of nitrogens with one attached hydrogen (secondary N) is 3. The van der Waals surface area contributed by atoms with E-state index in [9.17, 15) is 9.59 Å². The summed E-state index contributed by atoms with van der Waals surface area (Å²) in [7, 11) is 0. The summed E-state index contributed by atoms with van der Waals surface area (Å²) in [6.45, 7) is 13.7. The van der Waals surface area contributed by atoms with Crippen LogP contribution in [0.25, 0.3) is 0 Å². The van der Waals surface area contributed by atoms with Gasteiger partial charge >= 0.3 is 0 Å². The van der Waals surface area contributed by atoms with E-state index in [0.29, 0.717) is 42.1 Å². The van der Waals surface area contributed by atoms with Gasteiger partial charge in [0, 0.05) is 36.6 Å². The van der Waals surface area contributed by atoms with Crippen molar-refractivity contribution >= 4 is 52.0 Å². The summed E-state index contributed by atoms with van der Waals surface area (Å²) in [5.41, 5.74) is 23.9. The minimum atomic E-state index is -0.655. The van der Waals surface area contributed by atoms with E-state index in [4.69, 9.17) is 28.8 Å². The molecule has 2 heterocycles. The van der Waals surface area contributed by atoms with Crippen molar-refractivity contribution in [1.82, 2.24) is 20.4 Å². The summed E-state index contributed by atoms with van der Waals surface area (Å²) in [6, 6.07) is 15.3. The first-order valence-corrected chi connectivity index (χ1v) is 14.9. The molecular formula is C32H41ClN10O2. The third-order valence-electron chi connectivity index (χ3n) is 6.84. The standard InChI is InChI=1S/C17H24N6O.C15H17ClN4O/c1-10(2)13-8-12(5-4-11(13)3)21-14-9-15(20-7-6-18)22-23-16(14)17(19)24;1-8(2)11-6-10(5-4-9(11)3)18-12-7-13(16)19-20-14(12)15(17)21/h4-5,8-10H,6-7,18H2,1-3H3,(H2,19,24)(H2,20,21,22);4-8H,1-3H3,(H2,17,21)(H,18,19). The Labute approximate surface area is 268 Å². The van der Waals surface area contributed by atoms with E-state index in [1.54, 1.807) is 6.07 Å². The van der Waals surface area contributed by atoms with E-state index in [-0.39, 0.29) is 16.5 Å². The minimum Gasteiger partial charge on any atom is -0.367 e. The number of aromatic nitrogens is 4. The maximum Gasteiger partial charge on any atom is 0.271 e. The van der Waals surface area contributed by atoms with Crippen LogP contribution in [0, 0.1) is 13.8 Å². The molecule has 0 saturated carbocycles. The summed E-state index contributed by atoms with van der Waals surface area (Å²) in [5.74, 6) is 0.0507. The van der Waals surface area contributed by atoms with Crippen molar-refractivity contribution in [2.24, 2.45) is 17.2 Å². The Bertz CT molecular complexity index is 1660. The van der Waals surface area contributed by atoms with Crippen LogP contribution in [-0.4, -0.2) is 45.3 Å². The van der Waals surface area contributed by atoms with Crippen LogP contribution >= 0.6 is 11.6 Å². The van der Waals surface area contributed by atoms with Crippen LogP contribution in [0.1, 0.15) is 82.8 Å². The maximum absolute atomic E-state index is 11.6. The molecule has 0 fully saturated rings. The first kappa shape index (κ1) is 34.7. The van der Waals surface area contributed by atoms with E-state index < -0.39 is 11.8 Å². The minimum absolute atomic E-state index is 0.0612. The third kappa shape index (κ3) is 9.59. The first-order valence-electron chi connectivity index (χ1n) is 14.5. The Balaban J connectivity index is 0.000000248. The number of nitrogens with zero attached hydrogens (tertiary/aromatic N) is 4. The Kier molecular flexibility index (Phi) is 12.2. The van der Waals surface area contributed by atoms with Crippen molar-refractivity contribution < 1.29 is 9.59 Å². The molecule has 0 aliphatic carbocycles. The van der Waals surface area contributed by atoms with Gasteiger partial charge < -0.3 is 33.2 Å². The highest BCUT2D eigenvalue weighted by atomic mass is 35.5. The topological polar surface area (TPSA) is 200 Å². The highest BCUT2D eigenvalue weighted by Gasteiger charge is 2.15. The summed E-state index contributed by atoms with van der Waals surface area (Å²) in [4.78, 5) is 23.0. The number of anilines is 5. The van der Waals surface area contributed by atoms with Crippen LogP contribution in [0.2, 0.25) is 5.15 Å². The molecule has 238 valence electrons. The molecule has 0 atom stereocenters. The van der Waals surface area contributed by atoms with Gasteiger partial charge in [-0.05, 0) is 72.2 Å². The molecule has 0 spiro atoms. The number of aryl methyl sites for hydroxylation is 2. The molecule has 45 heavy (non-hydrogen) atoms. The van der Waals surface area contributed by atoms with Gasteiger partial charge in [-0.3, -0.25) is 9.59 Å². The van der Waals surface area contributed by atoms with E-state index in [1.165, 1.54) is 28.3 Å². The maximum atomic E-state index is 11.6. The van der Waals surface area contributed by atoms with Gasteiger partial charge in [-0.15, -0.1) is 20.4 Å². The fraction of sp³-hybridized carbons (Fsp3) is 0.312.